The molecule has 0 unspecified atom stereocenters. The molecule has 1 aromatic heterocycles. The Morgan fingerprint density at radius 2 is 1.96 bits per heavy atom. The molecule has 2 aromatic rings. The summed E-state index contributed by atoms with van der Waals surface area (Å²) in [4.78, 5) is 18.9. The van der Waals surface area contributed by atoms with Gasteiger partial charge in [0.15, 0.2) is 5.79 Å². The lowest BCUT2D eigenvalue weighted by Gasteiger charge is -2.38. The van der Waals surface area contributed by atoms with Crippen molar-refractivity contribution in [3.8, 4) is 6.07 Å². The Labute approximate surface area is 157 Å². The highest BCUT2D eigenvalue weighted by Crippen LogP contribution is 2.33. The van der Waals surface area contributed by atoms with Crippen LogP contribution in [-0.2, 0) is 9.47 Å². The number of carbonyl (C=O) groups is 1. The minimum Gasteiger partial charge on any atom is -0.370 e. The summed E-state index contributed by atoms with van der Waals surface area (Å²) in [6.07, 6.45) is 3.36. The van der Waals surface area contributed by atoms with Crippen LogP contribution in [0.4, 0.5) is 11.4 Å². The van der Waals surface area contributed by atoms with Gasteiger partial charge >= 0.3 is 0 Å². The first kappa shape index (κ1) is 17.5. The summed E-state index contributed by atoms with van der Waals surface area (Å²) in [7, 11) is 0. The van der Waals surface area contributed by atoms with Crippen LogP contribution in [0.2, 0.25) is 0 Å². The normalized spacial score (nSPS) is 18.3. The number of carbonyl (C=O) groups excluding carboxylic acids is 1. The number of anilines is 2. The number of nitrogens with zero attached hydrogens (tertiary/aromatic N) is 3. The topological polar surface area (TPSA) is 87.5 Å². The van der Waals surface area contributed by atoms with Gasteiger partial charge in [0, 0.05) is 31.6 Å². The maximum Gasteiger partial charge on any atom is 0.274 e. The van der Waals surface area contributed by atoms with Crippen molar-refractivity contribution < 1.29 is 14.3 Å². The Hall–Kier alpha value is -2.95. The number of amides is 1. The van der Waals surface area contributed by atoms with E-state index in [1.807, 2.05) is 6.07 Å². The van der Waals surface area contributed by atoms with Crippen LogP contribution < -0.4 is 10.2 Å². The monoisotopic (exact) mass is 364 g/mol. The summed E-state index contributed by atoms with van der Waals surface area (Å²) in [6, 6.07) is 12.5. The largest absolute Gasteiger partial charge is 0.370 e. The van der Waals surface area contributed by atoms with E-state index in [0.29, 0.717) is 30.2 Å². The predicted molar refractivity (Wildman–Crippen MR) is 99.4 cm³/mol. The van der Waals surface area contributed by atoms with Crippen molar-refractivity contribution >= 4 is 17.3 Å². The average Bonchev–Trinajstić information content (AvgIpc) is 3.17. The van der Waals surface area contributed by atoms with Crippen molar-refractivity contribution in [3.63, 3.8) is 0 Å². The molecule has 1 spiro atoms. The Kier molecular flexibility index (Phi) is 4.75. The number of hydrogen-bond acceptors (Lipinski definition) is 6. The molecule has 2 aliphatic heterocycles. The molecule has 3 heterocycles. The highest BCUT2D eigenvalue weighted by molar-refractivity contribution is 6.03. The number of aromatic nitrogens is 1. The highest BCUT2D eigenvalue weighted by Gasteiger charge is 2.39. The van der Waals surface area contributed by atoms with Crippen LogP contribution in [0.25, 0.3) is 0 Å². The third kappa shape index (κ3) is 3.77. The van der Waals surface area contributed by atoms with Crippen LogP contribution in [0.3, 0.4) is 0 Å². The van der Waals surface area contributed by atoms with E-state index in [4.69, 9.17) is 14.7 Å². The van der Waals surface area contributed by atoms with E-state index >= 15 is 0 Å². The number of piperidine rings is 1. The summed E-state index contributed by atoms with van der Waals surface area (Å²) in [5.41, 5.74) is 2.37. The molecule has 0 atom stereocenters. The highest BCUT2D eigenvalue weighted by atomic mass is 16.7. The Bertz CT molecular complexity index is 860. The van der Waals surface area contributed by atoms with Gasteiger partial charge in [-0.15, -0.1) is 0 Å². The van der Waals surface area contributed by atoms with Gasteiger partial charge in [-0.1, -0.05) is 6.07 Å². The molecule has 1 N–H and O–H groups in total. The molecular weight excluding hydrogens is 344 g/mol. The van der Waals surface area contributed by atoms with E-state index < -0.39 is 5.79 Å². The molecular formula is C20H20N4O3. The van der Waals surface area contributed by atoms with Gasteiger partial charge in [-0.05, 0) is 30.3 Å². The van der Waals surface area contributed by atoms with E-state index in [9.17, 15) is 4.79 Å². The quantitative estimate of drug-likeness (QED) is 0.901. The number of rotatable bonds is 3. The van der Waals surface area contributed by atoms with Gasteiger partial charge in [0.1, 0.15) is 5.69 Å². The second kappa shape index (κ2) is 7.35. The minimum atomic E-state index is -0.401. The molecule has 0 bridgehead atoms. The number of benzene rings is 1. The lowest BCUT2D eigenvalue weighted by Crippen LogP contribution is -2.45. The second-order valence-corrected chi connectivity index (χ2v) is 6.64. The Balaban J connectivity index is 1.38. The first-order valence-corrected chi connectivity index (χ1v) is 8.98. The lowest BCUT2D eigenvalue weighted by molar-refractivity contribution is -0.169. The van der Waals surface area contributed by atoms with Crippen LogP contribution in [0.15, 0.2) is 42.6 Å². The molecule has 0 saturated carbocycles. The van der Waals surface area contributed by atoms with E-state index in [1.165, 1.54) is 0 Å². The third-order valence-electron chi connectivity index (χ3n) is 4.93. The molecule has 4 rings (SSSR count). The molecule has 0 aliphatic carbocycles. The van der Waals surface area contributed by atoms with Crippen molar-refractivity contribution in [2.24, 2.45) is 0 Å². The van der Waals surface area contributed by atoms with Crippen LogP contribution in [0, 0.1) is 11.3 Å². The number of pyridine rings is 1. The molecule has 138 valence electrons. The summed E-state index contributed by atoms with van der Waals surface area (Å²) in [5.74, 6) is -0.705. The molecule has 7 heteroatoms. The zero-order valence-corrected chi connectivity index (χ0v) is 14.9. The van der Waals surface area contributed by atoms with Crippen molar-refractivity contribution in [1.29, 1.82) is 5.26 Å². The van der Waals surface area contributed by atoms with Gasteiger partial charge in [0.05, 0.1) is 36.7 Å². The van der Waals surface area contributed by atoms with Gasteiger partial charge in [0.2, 0.25) is 0 Å². The van der Waals surface area contributed by atoms with E-state index in [0.717, 1.165) is 31.6 Å². The smallest absolute Gasteiger partial charge is 0.274 e. The van der Waals surface area contributed by atoms with Crippen LogP contribution in [-0.4, -0.2) is 43.0 Å². The first-order chi connectivity index (χ1) is 13.2. The lowest BCUT2D eigenvalue weighted by atomic mass is 10.0. The molecule has 27 heavy (non-hydrogen) atoms. The minimum absolute atomic E-state index is 0.304. The van der Waals surface area contributed by atoms with Gasteiger partial charge in [-0.3, -0.25) is 4.79 Å². The third-order valence-corrected chi connectivity index (χ3v) is 4.93. The zero-order chi connectivity index (χ0) is 18.7. The number of nitriles is 1. The first-order valence-electron chi connectivity index (χ1n) is 8.98. The zero-order valence-electron chi connectivity index (χ0n) is 14.9. The van der Waals surface area contributed by atoms with Crippen molar-refractivity contribution in [1.82, 2.24) is 4.98 Å². The molecule has 1 amide bonds. The van der Waals surface area contributed by atoms with Crippen molar-refractivity contribution in [3.05, 3.63) is 53.9 Å². The van der Waals surface area contributed by atoms with Crippen molar-refractivity contribution in [2.75, 3.05) is 36.5 Å². The molecule has 2 saturated heterocycles. The Morgan fingerprint density at radius 3 is 2.63 bits per heavy atom. The maximum atomic E-state index is 12.4. The van der Waals surface area contributed by atoms with Crippen molar-refractivity contribution in [2.45, 2.75) is 18.6 Å². The summed E-state index contributed by atoms with van der Waals surface area (Å²) >= 11 is 0. The van der Waals surface area contributed by atoms with Gasteiger partial charge in [-0.2, -0.15) is 5.26 Å². The SMILES string of the molecule is N#Cc1cccc(NC(=O)c2ccc(N3CCC4(CC3)OCCO4)cn2)c1. The van der Waals surface area contributed by atoms with Crippen LogP contribution in [0.1, 0.15) is 28.9 Å². The van der Waals surface area contributed by atoms with E-state index in [1.54, 1.807) is 36.5 Å². The fourth-order valence-electron chi connectivity index (χ4n) is 3.46. The molecule has 2 fully saturated rings. The fourth-order valence-corrected chi connectivity index (χ4v) is 3.46. The molecule has 1 aromatic carbocycles. The molecule has 2 aliphatic rings. The van der Waals surface area contributed by atoms with Gasteiger partial charge < -0.3 is 19.7 Å². The van der Waals surface area contributed by atoms with E-state index in [2.05, 4.69) is 21.3 Å². The number of hydrogen-bond donors (Lipinski definition) is 1. The maximum absolute atomic E-state index is 12.4. The van der Waals surface area contributed by atoms with E-state index in [-0.39, 0.29) is 5.91 Å². The number of nitrogens with one attached hydrogen (secondary N) is 1. The summed E-state index contributed by atoms with van der Waals surface area (Å²) in [5, 5.41) is 11.7. The predicted octanol–water partition coefficient (Wildman–Crippen LogP) is 2.55. The van der Waals surface area contributed by atoms with Gasteiger partial charge in [-0.25, -0.2) is 4.98 Å². The van der Waals surface area contributed by atoms with Gasteiger partial charge in [0.25, 0.3) is 5.91 Å². The fraction of sp³-hybridized carbons (Fsp3) is 0.350. The van der Waals surface area contributed by atoms with Crippen LogP contribution >= 0.6 is 0 Å². The Morgan fingerprint density at radius 1 is 1.19 bits per heavy atom. The summed E-state index contributed by atoms with van der Waals surface area (Å²) < 4.78 is 11.5. The van der Waals surface area contributed by atoms with Crippen LogP contribution in [0.5, 0.6) is 0 Å². The number of ether oxygens (including phenoxy) is 2. The molecule has 0 radical (unpaired) electrons. The summed E-state index contributed by atoms with van der Waals surface area (Å²) in [6.45, 7) is 2.99. The molecule has 7 nitrogen and oxygen atoms in total. The average molecular weight is 364 g/mol. The second-order valence-electron chi connectivity index (χ2n) is 6.64. The standard InChI is InChI=1S/C20H20N4O3/c21-13-15-2-1-3-16(12-15)23-19(25)18-5-4-17(14-22-18)24-8-6-20(7-9-24)26-10-11-27-20/h1-5,12,14H,6-11H2,(H,23,25).